The summed E-state index contributed by atoms with van der Waals surface area (Å²) in [4.78, 5) is 19.4. The Hall–Kier alpha value is -3.60. The van der Waals surface area contributed by atoms with Crippen molar-refractivity contribution in [2.75, 3.05) is 19.8 Å². The lowest BCUT2D eigenvalue weighted by atomic mass is 9.82. The fourth-order valence-electron chi connectivity index (χ4n) is 5.11. The van der Waals surface area contributed by atoms with E-state index in [4.69, 9.17) is 19.6 Å². The van der Waals surface area contributed by atoms with Crippen molar-refractivity contribution in [1.82, 2.24) is 5.32 Å². The molecule has 0 aromatic heterocycles. The molecule has 44 heavy (non-hydrogen) atoms. The largest absolute Gasteiger partial charge is 0.494 e. The SMILES string of the molecule is O=C(NCCc1cc(F)cc(F)c1)[C@]1(Cc2ccccc2Br)N=C(c2ccc(OCCCO)cc2)O[C@@H]1c1ccccc1Br. The molecule has 1 aliphatic heterocycles. The van der Waals surface area contributed by atoms with E-state index in [0.717, 1.165) is 26.1 Å². The molecule has 4 aromatic rings. The van der Waals surface area contributed by atoms with E-state index in [1.807, 2.05) is 60.7 Å². The van der Waals surface area contributed by atoms with Gasteiger partial charge in [0.15, 0.2) is 11.6 Å². The molecule has 0 spiro atoms. The van der Waals surface area contributed by atoms with E-state index < -0.39 is 23.3 Å². The molecule has 0 fully saturated rings. The predicted molar refractivity (Wildman–Crippen MR) is 172 cm³/mol. The summed E-state index contributed by atoms with van der Waals surface area (Å²) in [6.07, 6.45) is 0.131. The summed E-state index contributed by atoms with van der Waals surface area (Å²) in [5.74, 6) is -0.802. The Bertz CT molecular complexity index is 1630. The summed E-state index contributed by atoms with van der Waals surface area (Å²) < 4.78 is 41.4. The highest BCUT2D eigenvalue weighted by Crippen LogP contribution is 2.45. The van der Waals surface area contributed by atoms with Gasteiger partial charge in [0, 0.05) is 52.1 Å². The fraction of sp³-hybridized carbons (Fsp3) is 0.235. The van der Waals surface area contributed by atoms with Gasteiger partial charge >= 0.3 is 0 Å². The van der Waals surface area contributed by atoms with Crippen molar-refractivity contribution >= 4 is 43.7 Å². The number of ether oxygens (including phenoxy) is 2. The molecule has 0 saturated carbocycles. The minimum absolute atomic E-state index is 0.0416. The van der Waals surface area contributed by atoms with Crippen LogP contribution in [0.5, 0.6) is 5.75 Å². The normalized spacial score (nSPS) is 17.6. The Morgan fingerprint density at radius 3 is 2.32 bits per heavy atom. The number of benzene rings is 4. The summed E-state index contributed by atoms with van der Waals surface area (Å²) in [5, 5.41) is 12.0. The first-order valence-corrected chi connectivity index (χ1v) is 15.7. The minimum atomic E-state index is -1.44. The van der Waals surface area contributed by atoms with Gasteiger partial charge in [-0.25, -0.2) is 13.8 Å². The molecule has 1 heterocycles. The van der Waals surface area contributed by atoms with Crippen LogP contribution in [0.15, 0.2) is 105 Å². The van der Waals surface area contributed by atoms with Gasteiger partial charge in [0.25, 0.3) is 5.91 Å². The van der Waals surface area contributed by atoms with Crippen molar-refractivity contribution < 1.29 is 28.2 Å². The van der Waals surface area contributed by atoms with Crippen LogP contribution in [0.25, 0.3) is 0 Å². The highest BCUT2D eigenvalue weighted by molar-refractivity contribution is 9.10. The molecule has 6 nitrogen and oxygen atoms in total. The zero-order valence-electron chi connectivity index (χ0n) is 23.6. The maximum Gasteiger partial charge on any atom is 0.252 e. The van der Waals surface area contributed by atoms with Crippen LogP contribution in [0, 0.1) is 11.6 Å². The maximum atomic E-state index is 14.4. The first-order valence-electron chi connectivity index (χ1n) is 14.1. The van der Waals surface area contributed by atoms with Crippen LogP contribution < -0.4 is 10.1 Å². The first-order chi connectivity index (χ1) is 21.3. The molecule has 2 N–H and O–H groups in total. The Labute approximate surface area is 271 Å². The standard InChI is InChI=1S/C34H30Br2F2N2O4/c35-29-8-3-1-6-24(29)21-34(33(42)39-15-14-22-18-25(37)20-26(38)19-22)31(28-7-2-4-9-30(28)36)44-32(40-34)23-10-12-27(13-11-23)43-17-5-16-41/h1-4,6-13,18-20,31,41H,5,14-17,21H2,(H,39,42)/t31-,34-/m1/s1. The highest BCUT2D eigenvalue weighted by Gasteiger charge is 2.54. The predicted octanol–water partition coefficient (Wildman–Crippen LogP) is 7.11. The summed E-state index contributed by atoms with van der Waals surface area (Å²) in [7, 11) is 0. The molecular weight excluding hydrogens is 698 g/mol. The van der Waals surface area contributed by atoms with Crippen molar-refractivity contribution in [3.05, 3.63) is 134 Å². The molecular formula is C34H30Br2F2N2O4. The first kappa shape index (κ1) is 31.8. The van der Waals surface area contributed by atoms with Crippen LogP contribution in [0.3, 0.4) is 0 Å². The third kappa shape index (κ3) is 7.36. The topological polar surface area (TPSA) is 80.2 Å². The molecule has 0 aliphatic carbocycles. The van der Waals surface area contributed by atoms with Gasteiger partial charge in [-0.2, -0.15) is 0 Å². The van der Waals surface area contributed by atoms with Gasteiger partial charge in [-0.3, -0.25) is 4.79 Å². The highest BCUT2D eigenvalue weighted by atomic mass is 79.9. The molecule has 1 amide bonds. The third-order valence-corrected chi connectivity index (χ3v) is 8.75. The van der Waals surface area contributed by atoms with E-state index in [9.17, 15) is 13.6 Å². The van der Waals surface area contributed by atoms with Crippen LogP contribution in [0.1, 0.15) is 34.8 Å². The van der Waals surface area contributed by atoms with Crippen molar-refractivity contribution in [2.24, 2.45) is 4.99 Å². The van der Waals surface area contributed by atoms with E-state index in [0.29, 0.717) is 35.8 Å². The number of aliphatic hydroxyl groups excluding tert-OH is 1. The molecule has 5 rings (SSSR count). The molecule has 1 aliphatic rings. The van der Waals surface area contributed by atoms with Crippen LogP contribution in [0.2, 0.25) is 0 Å². The van der Waals surface area contributed by atoms with Crippen LogP contribution in [-0.4, -0.2) is 42.2 Å². The van der Waals surface area contributed by atoms with E-state index in [2.05, 4.69) is 37.2 Å². The average Bonchev–Trinajstić information content (AvgIpc) is 3.39. The third-order valence-electron chi connectivity index (χ3n) is 7.26. The number of nitrogens with one attached hydrogen (secondary N) is 1. The van der Waals surface area contributed by atoms with Crippen molar-refractivity contribution in [3.63, 3.8) is 0 Å². The van der Waals surface area contributed by atoms with Gasteiger partial charge in [0.1, 0.15) is 17.4 Å². The van der Waals surface area contributed by atoms with Crippen LogP contribution >= 0.6 is 31.9 Å². The second kappa shape index (κ2) is 14.5. The zero-order valence-corrected chi connectivity index (χ0v) is 26.8. The monoisotopic (exact) mass is 726 g/mol. The number of carbonyl (C=O) groups excluding carboxylic acids is 1. The molecule has 2 atom stereocenters. The Morgan fingerprint density at radius 1 is 0.955 bits per heavy atom. The number of aliphatic imine (C=N–C) groups is 1. The van der Waals surface area contributed by atoms with Crippen molar-refractivity contribution in [1.29, 1.82) is 0 Å². The molecule has 0 saturated heterocycles. The summed E-state index contributed by atoms with van der Waals surface area (Å²) in [6.45, 7) is 0.557. The van der Waals surface area contributed by atoms with Crippen molar-refractivity contribution in [3.8, 4) is 5.75 Å². The van der Waals surface area contributed by atoms with Gasteiger partial charge in [0.05, 0.1) is 6.61 Å². The number of halogens is 4. The lowest BCUT2D eigenvalue weighted by molar-refractivity contribution is -0.128. The summed E-state index contributed by atoms with van der Waals surface area (Å²) in [6, 6.07) is 25.7. The molecule has 0 bridgehead atoms. The summed E-state index contributed by atoms with van der Waals surface area (Å²) in [5.41, 5.74) is 1.25. The molecule has 4 aromatic carbocycles. The Morgan fingerprint density at radius 2 is 1.64 bits per heavy atom. The minimum Gasteiger partial charge on any atom is -0.494 e. The second-order valence-corrected chi connectivity index (χ2v) is 12.1. The van der Waals surface area contributed by atoms with Gasteiger partial charge in [-0.1, -0.05) is 68.3 Å². The molecule has 228 valence electrons. The smallest absolute Gasteiger partial charge is 0.252 e. The lowest BCUT2D eigenvalue weighted by Gasteiger charge is -2.31. The van der Waals surface area contributed by atoms with Gasteiger partial charge < -0.3 is 19.9 Å². The Kier molecular flexibility index (Phi) is 10.5. The summed E-state index contributed by atoms with van der Waals surface area (Å²) >= 11 is 7.27. The van der Waals surface area contributed by atoms with Crippen LogP contribution in [-0.2, 0) is 22.4 Å². The lowest BCUT2D eigenvalue weighted by Crippen LogP contribution is -2.50. The Balaban J connectivity index is 1.53. The molecule has 0 unspecified atom stereocenters. The maximum absolute atomic E-state index is 14.4. The number of amides is 1. The van der Waals surface area contributed by atoms with E-state index in [1.54, 1.807) is 12.1 Å². The number of carbonyl (C=O) groups is 1. The van der Waals surface area contributed by atoms with E-state index in [1.165, 1.54) is 12.1 Å². The number of hydrogen-bond acceptors (Lipinski definition) is 5. The second-order valence-electron chi connectivity index (χ2n) is 10.4. The van der Waals surface area contributed by atoms with Gasteiger partial charge in [-0.15, -0.1) is 0 Å². The molecule has 10 heteroatoms. The van der Waals surface area contributed by atoms with Crippen molar-refractivity contribution in [2.45, 2.75) is 30.9 Å². The van der Waals surface area contributed by atoms with Gasteiger partial charge in [-0.05, 0) is 66.1 Å². The number of aliphatic hydroxyl groups is 1. The molecule has 0 radical (unpaired) electrons. The fourth-order valence-corrected chi connectivity index (χ4v) is 6.03. The number of hydrogen-bond donors (Lipinski definition) is 2. The quantitative estimate of drug-likeness (QED) is 0.153. The number of rotatable bonds is 12. The average molecular weight is 728 g/mol. The van der Waals surface area contributed by atoms with E-state index >= 15 is 0 Å². The van der Waals surface area contributed by atoms with Gasteiger partial charge in [0.2, 0.25) is 5.90 Å². The van der Waals surface area contributed by atoms with Crippen LogP contribution in [0.4, 0.5) is 8.78 Å². The number of nitrogens with zero attached hydrogens (tertiary/aromatic N) is 1. The zero-order chi connectivity index (χ0) is 31.1. The van der Waals surface area contributed by atoms with E-state index in [-0.39, 0.29) is 31.9 Å².